The molecule has 0 unspecified atom stereocenters. The summed E-state index contributed by atoms with van der Waals surface area (Å²) in [7, 11) is 3.01. The standard InChI is InChI=1S/C12H16N2O2/c1-9-5-7-11(8-6-9)12(14-16-4)10(2)13-15-3/h5-8H,1-4H3. The molecule has 4 nitrogen and oxygen atoms in total. The van der Waals surface area contributed by atoms with E-state index in [1.807, 2.05) is 38.1 Å². The first-order valence-corrected chi connectivity index (χ1v) is 4.95. The fourth-order valence-corrected chi connectivity index (χ4v) is 1.31. The van der Waals surface area contributed by atoms with Crippen molar-refractivity contribution in [2.24, 2.45) is 10.3 Å². The molecule has 0 aliphatic heterocycles. The van der Waals surface area contributed by atoms with Crippen molar-refractivity contribution in [3.63, 3.8) is 0 Å². The summed E-state index contributed by atoms with van der Waals surface area (Å²) in [6.45, 7) is 3.86. The molecule has 0 saturated heterocycles. The zero-order chi connectivity index (χ0) is 12.0. The largest absolute Gasteiger partial charge is 0.399 e. The molecular weight excluding hydrogens is 204 g/mol. The van der Waals surface area contributed by atoms with Crippen molar-refractivity contribution in [3.8, 4) is 0 Å². The maximum Gasteiger partial charge on any atom is 0.134 e. The van der Waals surface area contributed by atoms with Crippen LogP contribution in [-0.2, 0) is 9.68 Å². The summed E-state index contributed by atoms with van der Waals surface area (Å²) in [4.78, 5) is 9.54. The van der Waals surface area contributed by atoms with Gasteiger partial charge in [-0.15, -0.1) is 0 Å². The van der Waals surface area contributed by atoms with Crippen LogP contribution < -0.4 is 0 Å². The summed E-state index contributed by atoms with van der Waals surface area (Å²) < 4.78 is 0. The van der Waals surface area contributed by atoms with Crippen molar-refractivity contribution >= 4 is 11.4 Å². The highest BCUT2D eigenvalue weighted by atomic mass is 16.6. The van der Waals surface area contributed by atoms with Gasteiger partial charge in [0.05, 0.1) is 0 Å². The van der Waals surface area contributed by atoms with Crippen LogP contribution in [0.25, 0.3) is 0 Å². The monoisotopic (exact) mass is 220 g/mol. The Balaban J connectivity index is 3.08. The average molecular weight is 220 g/mol. The van der Waals surface area contributed by atoms with E-state index in [9.17, 15) is 0 Å². The molecule has 0 fully saturated rings. The predicted molar refractivity (Wildman–Crippen MR) is 64.8 cm³/mol. The molecular formula is C12H16N2O2. The van der Waals surface area contributed by atoms with Crippen molar-refractivity contribution in [2.45, 2.75) is 13.8 Å². The maximum absolute atomic E-state index is 4.81. The van der Waals surface area contributed by atoms with E-state index in [1.54, 1.807) is 0 Å². The zero-order valence-electron chi connectivity index (χ0n) is 10.0. The van der Waals surface area contributed by atoms with Crippen LogP contribution >= 0.6 is 0 Å². The Hall–Kier alpha value is -1.84. The van der Waals surface area contributed by atoms with Gasteiger partial charge in [-0.25, -0.2) is 0 Å². The minimum atomic E-state index is 0.671. The van der Waals surface area contributed by atoms with Gasteiger partial charge in [-0.1, -0.05) is 40.1 Å². The summed E-state index contributed by atoms with van der Waals surface area (Å²) in [6.07, 6.45) is 0. The number of oxime groups is 2. The van der Waals surface area contributed by atoms with Gasteiger partial charge in [0.25, 0.3) is 0 Å². The number of hydrogen-bond donors (Lipinski definition) is 0. The first-order valence-electron chi connectivity index (χ1n) is 4.95. The predicted octanol–water partition coefficient (Wildman–Crippen LogP) is 2.37. The highest BCUT2D eigenvalue weighted by Crippen LogP contribution is 2.07. The van der Waals surface area contributed by atoms with Crippen LogP contribution in [-0.4, -0.2) is 25.6 Å². The summed E-state index contributed by atoms with van der Waals surface area (Å²) in [5, 5.41) is 7.80. The van der Waals surface area contributed by atoms with E-state index < -0.39 is 0 Å². The van der Waals surface area contributed by atoms with E-state index in [1.165, 1.54) is 19.8 Å². The quantitative estimate of drug-likeness (QED) is 0.577. The molecule has 0 aliphatic rings. The lowest BCUT2D eigenvalue weighted by molar-refractivity contribution is 0.210. The van der Waals surface area contributed by atoms with E-state index in [2.05, 4.69) is 10.3 Å². The molecule has 0 aromatic heterocycles. The second-order valence-corrected chi connectivity index (χ2v) is 3.35. The Bertz CT molecular complexity index is 394. The molecule has 0 heterocycles. The summed E-state index contributed by atoms with van der Waals surface area (Å²) in [5.41, 5.74) is 3.49. The lowest BCUT2D eigenvalue weighted by atomic mass is 10.1. The number of benzene rings is 1. The van der Waals surface area contributed by atoms with E-state index in [0.29, 0.717) is 11.4 Å². The van der Waals surface area contributed by atoms with Gasteiger partial charge in [0.1, 0.15) is 25.6 Å². The molecule has 0 radical (unpaired) electrons. The highest BCUT2D eigenvalue weighted by molar-refractivity contribution is 6.47. The van der Waals surface area contributed by atoms with Crippen molar-refractivity contribution in [3.05, 3.63) is 35.4 Å². The molecule has 4 heteroatoms. The third kappa shape index (κ3) is 3.08. The van der Waals surface area contributed by atoms with Gasteiger partial charge in [0.15, 0.2) is 0 Å². The lowest BCUT2D eigenvalue weighted by Gasteiger charge is -2.05. The number of hydrogen-bond acceptors (Lipinski definition) is 4. The molecule has 1 aromatic carbocycles. The smallest absolute Gasteiger partial charge is 0.134 e. The van der Waals surface area contributed by atoms with E-state index in [4.69, 9.17) is 9.68 Å². The lowest BCUT2D eigenvalue weighted by Crippen LogP contribution is -2.13. The third-order valence-electron chi connectivity index (χ3n) is 2.08. The molecule has 1 rings (SSSR count). The third-order valence-corrected chi connectivity index (χ3v) is 2.08. The molecule has 0 atom stereocenters. The number of rotatable bonds is 4. The molecule has 0 N–H and O–H groups in total. The highest BCUT2D eigenvalue weighted by Gasteiger charge is 2.08. The van der Waals surface area contributed by atoms with Crippen LogP contribution in [0.1, 0.15) is 18.1 Å². The van der Waals surface area contributed by atoms with Gasteiger partial charge in [-0.05, 0) is 13.8 Å². The second kappa shape index (κ2) is 5.90. The van der Waals surface area contributed by atoms with Crippen LogP contribution in [0.5, 0.6) is 0 Å². The van der Waals surface area contributed by atoms with Crippen molar-refractivity contribution in [2.75, 3.05) is 14.2 Å². The Morgan fingerprint density at radius 1 is 1.00 bits per heavy atom. The second-order valence-electron chi connectivity index (χ2n) is 3.35. The van der Waals surface area contributed by atoms with Crippen LogP contribution in [0.4, 0.5) is 0 Å². The first-order chi connectivity index (χ1) is 7.69. The number of nitrogens with zero attached hydrogens (tertiary/aromatic N) is 2. The SMILES string of the molecule is CON=C(C)C(=NOC)c1ccc(C)cc1. The minimum Gasteiger partial charge on any atom is -0.399 e. The Labute approximate surface area is 95.5 Å². The molecule has 0 amide bonds. The molecule has 86 valence electrons. The van der Waals surface area contributed by atoms with Crippen LogP contribution in [0.2, 0.25) is 0 Å². The summed E-state index contributed by atoms with van der Waals surface area (Å²) in [5.74, 6) is 0. The Kier molecular flexibility index (Phi) is 4.51. The maximum atomic E-state index is 4.81. The van der Waals surface area contributed by atoms with Crippen LogP contribution in [0, 0.1) is 6.92 Å². The molecule has 0 aliphatic carbocycles. The first kappa shape index (κ1) is 12.2. The van der Waals surface area contributed by atoms with Gasteiger partial charge in [0, 0.05) is 5.56 Å². The normalized spacial score (nSPS) is 12.5. The van der Waals surface area contributed by atoms with Crippen LogP contribution in [0.3, 0.4) is 0 Å². The van der Waals surface area contributed by atoms with Crippen molar-refractivity contribution in [1.82, 2.24) is 0 Å². The van der Waals surface area contributed by atoms with E-state index in [0.717, 1.165) is 5.56 Å². The fraction of sp³-hybridized carbons (Fsp3) is 0.333. The summed E-state index contributed by atoms with van der Waals surface area (Å²) in [6, 6.07) is 7.98. The molecule has 0 bridgehead atoms. The molecule has 16 heavy (non-hydrogen) atoms. The molecule has 0 spiro atoms. The Morgan fingerprint density at radius 2 is 1.56 bits per heavy atom. The van der Waals surface area contributed by atoms with Gasteiger partial charge < -0.3 is 9.68 Å². The Morgan fingerprint density at radius 3 is 2.06 bits per heavy atom. The van der Waals surface area contributed by atoms with Crippen molar-refractivity contribution < 1.29 is 9.68 Å². The average Bonchev–Trinajstić information content (AvgIpc) is 2.28. The van der Waals surface area contributed by atoms with Gasteiger partial charge >= 0.3 is 0 Å². The minimum absolute atomic E-state index is 0.671. The zero-order valence-corrected chi connectivity index (χ0v) is 10.0. The van der Waals surface area contributed by atoms with Gasteiger partial charge in [0.2, 0.25) is 0 Å². The summed E-state index contributed by atoms with van der Waals surface area (Å²) >= 11 is 0. The van der Waals surface area contributed by atoms with Crippen LogP contribution in [0.15, 0.2) is 34.6 Å². The molecule has 1 aromatic rings. The van der Waals surface area contributed by atoms with Crippen molar-refractivity contribution in [1.29, 1.82) is 0 Å². The van der Waals surface area contributed by atoms with E-state index in [-0.39, 0.29) is 0 Å². The number of aryl methyl sites for hydroxylation is 1. The topological polar surface area (TPSA) is 43.2 Å². The van der Waals surface area contributed by atoms with Gasteiger partial charge in [-0.3, -0.25) is 0 Å². The fourth-order valence-electron chi connectivity index (χ4n) is 1.31. The van der Waals surface area contributed by atoms with Gasteiger partial charge in [-0.2, -0.15) is 0 Å². The molecule has 0 saturated carbocycles. The van der Waals surface area contributed by atoms with E-state index >= 15 is 0 Å².